The number of nitrogens with zero attached hydrogens (tertiary/aromatic N) is 1. The number of hydrogen-bond acceptors (Lipinski definition) is 2. The van der Waals surface area contributed by atoms with Crippen LogP contribution >= 0.6 is 0 Å². The monoisotopic (exact) mass is 323 g/mol. The Hall–Kier alpha value is -1.79. The molecule has 116 valence electrons. The topological polar surface area (TPSA) is 37.4 Å². The van der Waals surface area contributed by atoms with Gasteiger partial charge >= 0.3 is 0 Å². The summed E-state index contributed by atoms with van der Waals surface area (Å²) in [4.78, 5) is -0.602. The molecule has 0 atom stereocenters. The van der Waals surface area contributed by atoms with Crippen molar-refractivity contribution >= 4 is 10.0 Å². The Morgan fingerprint density at radius 3 is 2.36 bits per heavy atom. The van der Waals surface area contributed by atoms with Crippen molar-refractivity contribution in [2.75, 3.05) is 0 Å². The molecule has 0 aromatic heterocycles. The first kappa shape index (κ1) is 15.1. The molecule has 0 aliphatic heterocycles. The van der Waals surface area contributed by atoms with Crippen molar-refractivity contribution in [3.8, 4) is 0 Å². The first-order chi connectivity index (χ1) is 10.5. The van der Waals surface area contributed by atoms with Crippen molar-refractivity contribution in [3.63, 3.8) is 0 Å². The van der Waals surface area contributed by atoms with Gasteiger partial charge in [-0.3, -0.25) is 0 Å². The quantitative estimate of drug-likeness (QED) is 0.846. The molecule has 0 amide bonds. The zero-order valence-electron chi connectivity index (χ0n) is 11.7. The fraction of sp³-hybridized carbons (Fsp3) is 0.250. The third kappa shape index (κ3) is 3.03. The van der Waals surface area contributed by atoms with Crippen LogP contribution < -0.4 is 0 Å². The summed E-state index contributed by atoms with van der Waals surface area (Å²) in [5, 5.41) is 0. The van der Waals surface area contributed by atoms with Crippen molar-refractivity contribution < 1.29 is 17.2 Å². The molecule has 3 nitrogen and oxygen atoms in total. The Kier molecular flexibility index (Phi) is 3.97. The number of halogens is 2. The molecule has 1 fully saturated rings. The van der Waals surface area contributed by atoms with Crippen LogP contribution in [0.25, 0.3) is 0 Å². The average Bonchev–Trinajstić information content (AvgIpc) is 3.32. The van der Waals surface area contributed by atoms with Crippen LogP contribution in [0.3, 0.4) is 0 Å². The minimum atomic E-state index is -4.07. The first-order valence-corrected chi connectivity index (χ1v) is 8.43. The second-order valence-electron chi connectivity index (χ2n) is 5.34. The predicted molar refractivity (Wildman–Crippen MR) is 78.6 cm³/mol. The summed E-state index contributed by atoms with van der Waals surface area (Å²) < 4.78 is 53.9. The predicted octanol–water partition coefficient (Wildman–Crippen LogP) is 3.32. The molecular weight excluding hydrogens is 308 g/mol. The van der Waals surface area contributed by atoms with Crippen molar-refractivity contribution in [2.24, 2.45) is 0 Å². The van der Waals surface area contributed by atoms with E-state index in [9.17, 15) is 17.2 Å². The lowest BCUT2D eigenvalue weighted by molar-refractivity contribution is 0.394. The number of benzene rings is 2. The van der Waals surface area contributed by atoms with Gasteiger partial charge in [-0.2, -0.15) is 4.31 Å². The number of rotatable bonds is 5. The third-order valence-electron chi connectivity index (χ3n) is 3.62. The number of sulfonamides is 1. The molecule has 2 aromatic carbocycles. The molecule has 0 unspecified atom stereocenters. The lowest BCUT2D eigenvalue weighted by Gasteiger charge is -2.22. The van der Waals surface area contributed by atoms with Crippen LogP contribution in [0.5, 0.6) is 0 Å². The Balaban J connectivity index is 1.98. The van der Waals surface area contributed by atoms with Gasteiger partial charge in [0.1, 0.15) is 16.5 Å². The molecule has 1 aliphatic carbocycles. The molecule has 0 heterocycles. The molecule has 6 heteroatoms. The van der Waals surface area contributed by atoms with E-state index in [2.05, 4.69) is 0 Å². The maximum Gasteiger partial charge on any atom is 0.246 e. The molecule has 1 aliphatic rings. The highest BCUT2D eigenvalue weighted by Crippen LogP contribution is 2.34. The van der Waals surface area contributed by atoms with Crippen LogP contribution in [0.4, 0.5) is 8.78 Å². The standard InChI is InChI=1S/C16H15F2NO2S/c17-13-6-9-15(18)16(10-13)22(20,21)19(14-7-8-14)11-12-4-2-1-3-5-12/h1-6,9-10,14H,7-8,11H2. The number of hydrogen-bond donors (Lipinski definition) is 0. The van der Waals surface area contributed by atoms with Gasteiger partial charge in [0.15, 0.2) is 0 Å². The van der Waals surface area contributed by atoms with Crippen molar-refractivity contribution in [1.29, 1.82) is 0 Å². The zero-order valence-corrected chi connectivity index (χ0v) is 12.6. The van der Waals surface area contributed by atoms with Crippen LogP contribution in [-0.2, 0) is 16.6 Å². The summed E-state index contributed by atoms with van der Waals surface area (Å²) in [6, 6.07) is 11.4. The largest absolute Gasteiger partial charge is 0.246 e. The maximum absolute atomic E-state index is 13.9. The lowest BCUT2D eigenvalue weighted by atomic mass is 10.2. The molecule has 0 radical (unpaired) electrons. The molecule has 22 heavy (non-hydrogen) atoms. The molecule has 0 N–H and O–H groups in total. The van der Waals surface area contributed by atoms with E-state index < -0.39 is 26.6 Å². The Labute approximate surface area is 128 Å². The Morgan fingerprint density at radius 2 is 1.73 bits per heavy atom. The van der Waals surface area contributed by atoms with Gasteiger partial charge < -0.3 is 0 Å². The van der Waals surface area contributed by atoms with E-state index in [1.165, 1.54) is 4.31 Å². The van der Waals surface area contributed by atoms with E-state index in [1.54, 1.807) is 0 Å². The molecular formula is C16H15F2NO2S. The van der Waals surface area contributed by atoms with Crippen LogP contribution in [0.2, 0.25) is 0 Å². The Bertz CT molecular complexity index is 774. The van der Waals surface area contributed by atoms with Crippen LogP contribution in [0.1, 0.15) is 18.4 Å². The smallest absolute Gasteiger partial charge is 0.207 e. The van der Waals surface area contributed by atoms with Gasteiger partial charge in [-0.15, -0.1) is 0 Å². The highest BCUT2D eigenvalue weighted by atomic mass is 32.2. The van der Waals surface area contributed by atoms with E-state index in [1.807, 2.05) is 30.3 Å². The Morgan fingerprint density at radius 1 is 1.05 bits per heavy atom. The fourth-order valence-electron chi connectivity index (χ4n) is 2.34. The second-order valence-corrected chi connectivity index (χ2v) is 7.20. The van der Waals surface area contributed by atoms with Gasteiger partial charge in [-0.1, -0.05) is 30.3 Å². The summed E-state index contributed by atoms with van der Waals surface area (Å²) in [6.45, 7) is 0.157. The van der Waals surface area contributed by atoms with E-state index in [0.717, 1.165) is 36.6 Å². The highest BCUT2D eigenvalue weighted by molar-refractivity contribution is 7.89. The van der Waals surface area contributed by atoms with Gasteiger partial charge in [0.25, 0.3) is 0 Å². The van der Waals surface area contributed by atoms with Crippen LogP contribution in [0.15, 0.2) is 53.4 Å². The van der Waals surface area contributed by atoms with Gasteiger partial charge in [0.2, 0.25) is 10.0 Å². The highest BCUT2D eigenvalue weighted by Gasteiger charge is 2.39. The summed E-state index contributed by atoms with van der Waals surface area (Å²) in [5.41, 5.74) is 0.815. The summed E-state index contributed by atoms with van der Waals surface area (Å²) in [7, 11) is -4.07. The van der Waals surface area contributed by atoms with E-state index in [0.29, 0.717) is 0 Å². The van der Waals surface area contributed by atoms with Crippen molar-refractivity contribution in [2.45, 2.75) is 30.3 Å². The van der Waals surface area contributed by atoms with Gasteiger partial charge in [-0.05, 0) is 36.6 Å². The first-order valence-electron chi connectivity index (χ1n) is 6.99. The van der Waals surface area contributed by atoms with Crippen LogP contribution in [-0.4, -0.2) is 18.8 Å². The minimum Gasteiger partial charge on any atom is -0.207 e. The summed E-state index contributed by atoms with van der Waals surface area (Å²) in [5.74, 6) is -1.70. The molecule has 0 spiro atoms. The molecule has 2 aromatic rings. The minimum absolute atomic E-state index is 0.145. The van der Waals surface area contributed by atoms with Crippen molar-refractivity contribution in [1.82, 2.24) is 4.31 Å². The van der Waals surface area contributed by atoms with Gasteiger partial charge in [0.05, 0.1) is 0 Å². The maximum atomic E-state index is 13.9. The normalized spacial score (nSPS) is 15.2. The third-order valence-corrected chi connectivity index (χ3v) is 5.53. The average molecular weight is 323 g/mol. The second kappa shape index (κ2) is 5.78. The fourth-order valence-corrected chi connectivity index (χ4v) is 4.09. The van der Waals surface area contributed by atoms with E-state index >= 15 is 0 Å². The summed E-state index contributed by atoms with van der Waals surface area (Å²) in [6.07, 6.45) is 1.48. The molecule has 0 bridgehead atoms. The SMILES string of the molecule is O=S(=O)(c1cc(F)ccc1F)N(Cc1ccccc1)C1CC1. The molecule has 3 rings (SSSR count). The lowest BCUT2D eigenvalue weighted by Crippen LogP contribution is -2.33. The zero-order chi connectivity index (χ0) is 15.7. The molecule has 0 saturated heterocycles. The van der Waals surface area contributed by atoms with Crippen LogP contribution in [0, 0.1) is 11.6 Å². The molecule has 1 saturated carbocycles. The van der Waals surface area contributed by atoms with Crippen molar-refractivity contribution in [3.05, 3.63) is 65.7 Å². The van der Waals surface area contributed by atoms with E-state index in [4.69, 9.17) is 0 Å². The van der Waals surface area contributed by atoms with E-state index in [-0.39, 0.29) is 12.6 Å². The summed E-state index contributed by atoms with van der Waals surface area (Å²) >= 11 is 0. The van der Waals surface area contributed by atoms with Gasteiger partial charge in [-0.25, -0.2) is 17.2 Å². The van der Waals surface area contributed by atoms with Gasteiger partial charge in [0, 0.05) is 12.6 Å².